The van der Waals surface area contributed by atoms with Gasteiger partial charge in [-0.3, -0.25) is 4.79 Å². The van der Waals surface area contributed by atoms with Crippen molar-refractivity contribution in [2.75, 3.05) is 24.7 Å². The molecule has 0 saturated carbocycles. The van der Waals surface area contributed by atoms with Crippen LogP contribution in [0.5, 0.6) is 0 Å². The topological polar surface area (TPSA) is 75.5 Å². The molecule has 1 aliphatic heterocycles. The van der Waals surface area contributed by atoms with Crippen LogP contribution in [0.25, 0.3) is 0 Å². The van der Waals surface area contributed by atoms with Crippen molar-refractivity contribution in [3.05, 3.63) is 17.8 Å². The minimum absolute atomic E-state index is 0.146. The first-order valence-corrected chi connectivity index (χ1v) is 7.16. The number of nitrogens with zero attached hydrogens (tertiary/aromatic N) is 3. The Morgan fingerprint density at radius 3 is 2.86 bits per heavy atom. The van der Waals surface area contributed by atoms with Crippen LogP contribution in [0.2, 0.25) is 0 Å². The van der Waals surface area contributed by atoms with E-state index < -0.39 is 23.7 Å². The summed E-state index contributed by atoms with van der Waals surface area (Å²) in [4.78, 5) is 21.0. The molecule has 1 saturated heterocycles. The maximum Gasteiger partial charge on any atom is 0.311 e. The number of carbonyl (C=O) groups is 1. The van der Waals surface area contributed by atoms with Gasteiger partial charge in [0.1, 0.15) is 12.2 Å². The van der Waals surface area contributed by atoms with Crippen LogP contribution in [-0.4, -0.2) is 46.8 Å². The van der Waals surface area contributed by atoms with E-state index in [2.05, 4.69) is 9.97 Å². The Morgan fingerprint density at radius 1 is 1.48 bits per heavy atom. The second kappa shape index (κ2) is 6.80. The van der Waals surface area contributed by atoms with Crippen molar-refractivity contribution in [2.45, 2.75) is 32.7 Å². The number of halogens is 1. The van der Waals surface area contributed by atoms with Gasteiger partial charge in [-0.15, -0.1) is 0 Å². The number of aliphatic carboxylic acids is 1. The highest BCUT2D eigenvalue weighted by atomic mass is 19.1. The average Bonchev–Trinajstić information content (AvgIpc) is 2.95. The van der Waals surface area contributed by atoms with Gasteiger partial charge in [0, 0.05) is 6.54 Å². The summed E-state index contributed by atoms with van der Waals surface area (Å²) in [6.07, 6.45) is 2.55. The highest BCUT2D eigenvalue weighted by Gasteiger charge is 2.39. The van der Waals surface area contributed by atoms with E-state index in [1.165, 1.54) is 6.33 Å². The van der Waals surface area contributed by atoms with E-state index in [0.717, 1.165) is 6.42 Å². The molecule has 2 unspecified atom stereocenters. The van der Waals surface area contributed by atoms with Crippen molar-refractivity contribution < 1.29 is 19.0 Å². The van der Waals surface area contributed by atoms with Gasteiger partial charge in [0.2, 0.25) is 0 Å². The molecule has 0 aliphatic carbocycles. The molecule has 7 heteroatoms. The maximum absolute atomic E-state index is 14.5. The van der Waals surface area contributed by atoms with Crippen molar-refractivity contribution in [1.82, 2.24) is 9.97 Å². The second-order valence-corrected chi connectivity index (χ2v) is 5.05. The van der Waals surface area contributed by atoms with Gasteiger partial charge in [0.15, 0.2) is 11.6 Å². The highest BCUT2D eigenvalue weighted by molar-refractivity contribution is 5.72. The van der Waals surface area contributed by atoms with Crippen LogP contribution in [0.4, 0.5) is 10.2 Å². The molecule has 0 spiro atoms. The van der Waals surface area contributed by atoms with Gasteiger partial charge < -0.3 is 14.7 Å². The number of carboxylic acids is 1. The molecule has 6 nitrogen and oxygen atoms in total. The Hall–Kier alpha value is -1.76. The number of aryl methyl sites for hydroxylation is 1. The number of carboxylic acid groups (broad SMARTS) is 1. The van der Waals surface area contributed by atoms with Gasteiger partial charge in [-0.05, 0) is 12.8 Å². The normalized spacial score (nSPS) is 21.5. The first-order valence-electron chi connectivity index (χ1n) is 7.16. The third-order valence-electron chi connectivity index (χ3n) is 3.68. The lowest BCUT2D eigenvalue weighted by atomic mass is 10.0. The van der Waals surface area contributed by atoms with Crippen LogP contribution in [0.15, 0.2) is 6.33 Å². The Labute approximate surface area is 123 Å². The summed E-state index contributed by atoms with van der Waals surface area (Å²) < 4.78 is 19.8. The van der Waals surface area contributed by atoms with Crippen molar-refractivity contribution in [2.24, 2.45) is 5.92 Å². The quantitative estimate of drug-likeness (QED) is 0.857. The molecule has 2 heterocycles. The van der Waals surface area contributed by atoms with E-state index in [1.54, 1.807) is 4.90 Å². The molecule has 2 rings (SSSR count). The number of hydrogen-bond donors (Lipinski definition) is 1. The number of rotatable bonds is 6. The molecule has 116 valence electrons. The van der Waals surface area contributed by atoms with Crippen LogP contribution in [0.1, 0.15) is 26.0 Å². The lowest BCUT2D eigenvalue weighted by molar-refractivity contribution is -0.142. The fraction of sp³-hybridized carbons (Fsp3) is 0.643. The Morgan fingerprint density at radius 2 is 2.24 bits per heavy atom. The summed E-state index contributed by atoms with van der Waals surface area (Å²) in [6.45, 7) is 4.71. The van der Waals surface area contributed by atoms with Gasteiger partial charge in [0.25, 0.3) is 0 Å². The molecule has 0 aromatic carbocycles. The first kappa shape index (κ1) is 15.6. The number of anilines is 1. The van der Waals surface area contributed by atoms with E-state index in [0.29, 0.717) is 18.7 Å². The molecule has 1 N–H and O–H groups in total. The Kier molecular flexibility index (Phi) is 5.06. The van der Waals surface area contributed by atoms with Crippen LogP contribution >= 0.6 is 0 Å². The summed E-state index contributed by atoms with van der Waals surface area (Å²) in [6, 6.07) is -0.406. The van der Waals surface area contributed by atoms with E-state index in [-0.39, 0.29) is 19.0 Å². The molecule has 1 aromatic heterocycles. The van der Waals surface area contributed by atoms with Crippen molar-refractivity contribution in [3.8, 4) is 0 Å². The summed E-state index contributed by atoms with van der Waals surface area (Å²) in [7, 11) is 0. The molecule has 1 aliphatic rings. The van der Waals surface area contributed by atoms with Gasteiger partial charge in [-0.25, -0.2) is 14.4 Å². The van der Waals surface area contributed by atoms with Crippen molar-refractivity contribution in [3.63, 3.8) is 0 Å². The molecule has 0 bridgehead atoms. The number of ether oxygens (including phenoxy) is 1. The zero-order valence-electron chi connectivity index (χ0n) is 12.3. The molecule has 21 heavy (non-hydrogen) atoms. The van der Waals surface area contributed by atoms with E-state index >= 15 is 0 Å². The lowest BCUT2D eigenvalue weighted by Crippen LogP contribution is -2.44. The minimum Gasteiger partial charge on any atom is -0.481 e. The molecular formula is C14H20FN3O3. The fourth-order valence-electron chi connectivity index (χ4n) is 2.60. The van der Waals surface area contributed by atoms with E-state index in [4.69, 9.17) is 4.74 Å². The Bertz CT molecular complexity index is 512. The van der Waals surface area contributed by atoms with Crippen molar-refractivity contribution >= 4 is 11.8 Å². The van der Waals surface area contributed by atoms with E-state index in [1.807, 2.05) is 13.8 Å². The van der Waals surface area contributed by atoms with Crippen LogP contribution < -0.4 is 4.90 Å². The van der Waals surface area contributed by atoms with Gasteiger partial charge in [0.05, 0.1) is 24.9 Å². The third-order valence-corrected chi connectivity index (χ3v) is 3.68. The Balaban J connectivity index is 2.37. The van der Waals surface area contributed by atoms with Crippen LogP contribution in [0, 0.1) is 11.7 Å². The first-order chi connectivity index (χ1) is 10.1. The molecule has 0 radical (unpaired) electrons. The number of hydrogen-bond acceptors (Lipinski definition) is 5. The number of aromatic nitrogens is 2. The second-order valence-electron chi connectivity index (χ2n) is 5.05. The third kappa shape index (κ3) is 3.12. The van der Waals surface area contributed by atoms with Gasteiger partial charge in [-0.1, -0.05) is 13.8 Å². The van der Waals surface area contributed by atoms with Crippen molar-refractivity contribution in [1.29, 1.82) is 0 Å². The fourth-order valence-corrected chi connectivity index (χ4v) is 2.60. The lowest BCUT2D eigenvalue weighted by Gasteiger charge is -2.31. The largest absolute Gasteiger partial charge is 0.481 e. The summed E-state index contributed by atoms with van der Waals surface area (Å²) in [5, 5.41) is 9.28. The van der Waals surface area contributed by atoms with Gasteiger partial charge in [-0.2, -0.15) is 0 Å². The SMILES string of the molecule is CCCN(c1ncnc(CC)c1F)C1COCC1C(=O)O. The highest BCUT2D eigenvalue weighted by Crippen LogP contribution is 2.27. The monoisotopic (exact) mass is 297 g/mol. The van der Waals surface area contributed by atoms with Crippen LogP contribution in [-0.2, 0) is 16.0 Å². The smallest absolute Gasteiger partial charge is 0.311 e. The summed E-state index contributed by atoms with van der Waals surface area (Å²) >= 11 is 0. The molecule has 2 atom stereocenters. The predicted molar refractivity (Wildman–Crippen MR) is 74.7 cm³/mol. The standard InChI is InChI=1S/C14H20FN3O3/c1-3-5-18(11-7-21-6-9(11)14(19)20)13-12(15)10(4-2)16-8-17-13/h8-9,11H,3-7H2,1-2H3,(H,19,20). The zero-order valence-corrected chi connectivity index (χ0v) is 12.3. The minimum atomic E-state index is -0.927. The summed E-state index contributed by atoms with van der Waals surface area (Å²) in [5.74, 6) is -1.89. The maximum atomic E-state index is 14.5. The molecule has 1 aromatic rings. The molecule has 1 fully saturated rings. The predicted octanol–water partition coefficient (Wildman–Crippen LogP) is 1.49. The van der Waals surface area contributed by atoms with E-state index in [9.17, 15) is 14.3 Å². The van der Waals surface area contributed by atoms with Gasteiger partial charge >= 0.3 is 5.97 Å². The average molecular weight is 297 g/mol. The zero-order chi connectivity index (χ0) is 15.4. The van der Waals surface area contributed by atoms with Crippen LogP contribution in [0.3, 0.4) is 0 Å². The molecule has 0 amide bonds. The molecular weight excluding hydrogens is 277 g/mol. The summed E-state index contributed by atoms with van der Waals surface area (Å²) in [5.41, 5.74) is 0.340.